The molecule has 0 saturated carbocycles. The van der Waals surface area contributed by atoms with Crippen molar-refractivity contribution >= 4 is 34.4 Å². The Hall–Kier alpha value is -3.75. The van der Waals surface area contributed by atoms with Crippen LogP contribution in [-0.2, 0) is 22.4 Å². The van der Waals surface area contributed by atoms with Gasteiger partial charge >= 0.3 is 5.97 Å². The van der Waals surface area contributed by atoms with Gasteiger partial charge in [-0.3, -0.25) is 4.79 Å². The number of carboxylic acid groups (broad SMARTS) is 1. The van der Waals surface area contributed by atoms with E-state index in [0.29, 0.717) is 18.3 Å². The van der Waals surface area contributed by atoms with Crippen LogP contribution in [0.3, 0.4) is 0 Å². The minimum atomic E-state index is -1.11. The Labute approximate surface area is 211 Å². The summed E-state index contributed by atoms with van der Waals surface area (Å²) in [7, 11) is 0. The fourth-order valence-corrected chi connectivity index (χ4v) is 4.34. The van der Waals surface area contributed by atoms with E-state index in [1.807, 2.05) is 18.2 Å². The molecule has 0 radical (unpaired) electrons. The summed E-state index contributed by atoms with van der Waals surface area (Å²) in [4.78, 5) is 37.6. The van der Waals surface area contributed by atoms with Gasteiger partial charge in [0.1, 0.15) is 24.0 Å². The molecule has 0 bridgehead atoms. The number of aromatic nitrogens is 3. The van der Waals surface area contributed by atoms with Crippen LogP contribution < -0.4 is 16.0 Å². The third kappa shape index (κ3) is 6.47. The highest BCUT2D eigenvalue weighted by molar-refractivity contribution is 5.92. The van der Waals surface area contributed by atoms with Crippen molar-refractivity contribution in [3.63, 3.8) is 0 Å². The number of carbonyl (C=O) groups excluding carboxylic acids is 1. The number of carbonyl (C=O) groups is 2. The van der Waals surface area contributed by atoms with Gasteiger partial charge in [0, 0.05) is 24.2 Å². The molecule has 3 heterocycles. The van der Waals surface area contributed by atoms with Crippen molar-refractivity contribution < 1.29 is 14.7 Å². The maximum Gasteiger partial charge on any atom is 0.326 e. The van der Waals surface area contributed by atoms with Crippen LogP contribution in [0, 0.1) is 0 Å². The lowest BCUT2D eigenvalue weighted by Crippen LogP contribution is -2.37. The molecule has 1 aliphatic heterocycles. The number of nitrogens with one attached hydrogen (secondary N) is 3. The average molecular weight is 491 g/mol. The first-order valence-electron chi connectivity index (χ1n) is 12.6. The lowest BCUT2D eigenvalue weighted by Gasteiger charge is -2.17. The van der Waals surface area contributed by atoms with E-state index in [-0.39, 0.29) is 12.3 Å². The van der Waals surface area contributed by atoms with Gasteiger partial charge in [-0.25, -0.2) is 19.7 Å². The third-order valence-electron chi connectivity index (χ3n) is 6.46. The molecule has 190 valence electrons. The fourth-order valence-electron chi connectivity index (χ4n) is 4.34. The van der Waals surface area contributed by atoms with E-state index < -0.39 is 12.0 Å². The van der Waals surface area contributed by atoms with Crippen molar-refractivity contribution in [1.82, 2.24) is 20.3 Å². The van der Waals surface area contributed by atoms with E-state index in [4.69, 9.17) is 4.98 Å². The highest BCUT2D eigenvalue weighted by Crippen LogP contribution is 2.25. The molecule has 2 aromatic heterocycles. The summed E-state index contributed by atoms with van der Waals surface area (Å²) in [6.07, 6.45) is 5.93. The Bertz CT molecular complexity index is 1230. The second-order valence-corrected chi connectivity index (χ2v) is 9.54. The van der Waals surface area contributed by atoms with Crippen LogP contribution in [0.4, 0.5) is 11.6 Å². The molecule has 3 aromatic rings. The Balaban J connectivity index is 1.27. The Morgan fingerprint density at radius 1 is 1.14 bits per heavy atom. The van der Waals surface area contributed by atoms with Crippen molar-refractivity contribution in [2.24, 2.45) is 0 Å². The topological polar surface area (TPSA) is 129 Å². The van der Waals surface area contributed by atoms with Crippen LogP contribution in [0.2, 0.25) is 0 Å². The van der Waals surface area contributed by atoms with Crippen LogP contribution in [0.15, 0.2) is 36.7 Å². The second-order valence-electron chi connectivity index (χ2n) is 9.54. The van der Waals surface area contributed by atoms with Gasteiger partial charge in [-0.1, -0.05) is 26.0 Å². The number of aliphatic carboxylic acids is 1. The second kappa shape index (κ2) is 11.8. The van der Waals surface area contributed by atoms with Crippen LogP contribution in [0.1, 0.15) is 62.3 Å². The van der Waals surface area contributed by atoms with Crippen molar-refractivity contribution in [3.05, 3.63) is 53.5 Å². The van der Waals surface area contributed by atoms with Crippen LogP contribution in [0.5, 0.6) is 0 Å². The Morgan fingerprint density at radius 3 is 2.81 bits per heavy atom. The number of hydrogen-bond donors (Lipinski definition) is 4. The third-order valence-corrected chi connectivity index (χ3v) is 6.46. The minimum absolute atomic E-state index is 0.192. The minimum Gasteiger partial charge on any atom is -0.480 e. The van der Waals surface area contributed by atoms with E-state index in [0.717, 1.165) is 66.6 Å². The number of carboxylic acids is 1. The monoisotopic (exact) mass is 490 g/mol. The van der Waals surface area contributed by atoms with Gasteiger partial charge in [0.05, 0.1) is 11.9 Å². The average Bonchev–Trinajstić information content (AvgIpc) is 2.87. The summed E-state index contributed by atoms with van der Waals surface area (Å²) < 4.78 is 0. The first-order chi connectivity index (χ1) is 17.4. The van der Waals surface area contributed by atoms with Gasteiger partial charge in [0.15, 0.2) is 0 Å². The van der Waals surface area contributed by atoms with E-state index in [9.17, 15) is 14.7 Å². The number of unbranched alkanes of at least 4 members (excludes halogenated alkanes) is 1. The number of aryl methyl sites for hydroxylation is 2. The van der Waals surface area contributed by atoms with Crippen molar-refractivity contribution in [2.45, 2.75) is 64.3 Å². The SMILES string of the molecule is CC(C)c1ccc2ncnc(N[C@@H](CC(=O)NCCCCc3ccc4c(n3)NCCC4)C(=O)O)c2c1. The van der Waals surface area contributed by atoms with E-state index in [2.05, 4.69) is 51.9 Å². The molecule has 36 heavy (non-hydrogen) atoms. The molecule has 0 fully saturated rings. The molecule has 0 unspecified atom stereocenters. The van der Waals surface area contributed by atoms with E-state index >= 15 is 0 Å². The lowest BCUT2D eigenvalue weighted by atomic mass is 10.0. The molecule has 4 rings (SSSR count). The maximum absolute atomic E-state index is 12.5. The van der Waals surface area contributed by atoms with Crippen molar-refractivity contribution in [2.75, 3.05) is 23.7 Å². The summed E-state index contributed by atoms with van der Waals surface area (Å²) in [5.41, 5.74) is 4.14. The zero-order valence-corrected chi connectivity index (χ0v) is 20.9. The summed E-state index contributed by atoms with van der Waals surface area (Å²) in [5, 5.41) is 19.6. The zero-order valence-electron chi connectivity index (χ0n) is 20.9. The zero-order chi connectivity index (χ0) is 25.5. The number of benzene rings is 1. The van der Waals surface area contributed by atoms with Crippen molar-refractivity contribution in [1.29, 1.82) is 0 Å². The van der Waals surface area contributed by atoms with Crippen LogP contribution in [0.25, 0.3) is 10.9 Å². The Kier molecular flexibility index (Phi) is 8.30. The van der Waals surface area contributed by atoms with Crippen LogP contribution in [-0.4, -0.2) is 51.1 Å². The molecule has 9 heteroatoms. The molecule has 1 aliphatic rings. The molecule has 0 aliphatic carbocycles. The number of rotatable bonds is 11. The molecular weight excluding hydrogens is 456 g/mol. The molecule has 9 nitrogen and oxygen atoms in total. The van der Waals surface area contributed by atoms with Gasteiger partial charge in [0.25, 0.3) is 0 Å². The number of anilines is 2. The lowest BCUT2D eigenvalue weighted by molar-refractivity contribution is -0.139. The van der Waals surface area contributed by atoms with Gasteiger partial charge in [-0.05, 0) is 67.3 Å². The predicted octanol–water partition coefficient (Wildman–Crippen LogP) is 3.90. The molecule has 1 amide bonds. The maximum atomic E-state index is 12.5. The standard InChI is InChI=1S/C27H34N6O3/c1-17(2)19-9-11-22-21(14-19)26(31-16-30-22)33-23(27(35)36)15-24(34)28-12-4-3-7-20-10-8-18-6-5-13-29-25(18)32-20/h8-11,14,16-17,23H,3-7,12-13,15H2,1-2H3,(H,28,34)(H,29,32)(H,35,36)(H,30,31,33)/t23-/m0/s1. The highest BCUT2D eigenvalue weighted by atomic mass is 16.4. The quantitative estimate of drug-likeness (QED) is 0.298. The number of pyridine rings is 1. The molecule has 1 atom stereocenters. The predicted molar refractivity (Wildman–Crippen MR) is 140 cm³/mol. The molecule has 0 spiro atoms. The highest BCUT2D eigenvalue weighted by Gasteiger charge is 2.22. The molecule has 1 aromatic carbocycles. The normalized spacial score (nSPS) is 13.6. The first kappa shape index (κ1) is 25.3. The summed E-state index contributed by atoms with van der Waals surface area (Å²) >= 11 is 0. The van der Waals surface area contributed by atoms with Gasteiger partial charge < -0.3 is 21.1 Å². The molecule has 0 saturated heterocycles. The summed E-state index contributed by atoms with van der Waals surface area (Å²) in [6.45, 7) is 5.63. The molecular formula is C27H34N6O3. The van der Waals surface area contributed by atoms with E-state index in [1.54, 1.807) is 0 Å². The number of fused-ring (bicyclic) bond motifs is 2. The fraction of sp³-hybridized carbons (Fsp3) is 0.444. The van der Waals surface area contributed by atoms with Gasteiger partial charge in [-0.2, -0.15) is 0 Å². The molecule has 4 N–H and O–H groups in total. The number of nitrogens with zero attached hydrogens (tertiary/aromatic N) is 3. The van der Waals surface area contributed by atoms with Gasteiger partial charge in [-0.15, -0.1) is 0 Å². The summed E-state index contributed by atoms with van der Waals surface area (Å²) in [6, 6.07) is 9.00. The van der Waals surface area contributed by atoms with Crippen LogP contribution >= 0.6 is 0 Å². The largest absolute Gasteiger partial charge is 0.480 e. The number of hydrogen-bond acceptors (Lipinski definition) is 7. The first-order valence-corrected chi connectivity index (χ1v) is 12.6. The van der Waals surface area contributed by atoms with Crippen molar-refractivity contribution in [3.8, 4) is 0 Å². The van der Waals surface area contributed by atoms with Gasteiger partial charge in [0.2, 0.25) is 5.91 Å². The Morgan fingerprint density at radius 2 is 2.00 bits per heavy atom. The summed E-state index contributed by atoms with van der Waals surface area (Å²) in [5.74, 6) is 0.297. The number of amides is 1. The van der Waals surface area contributed by atoms with E-state index in [1.165, 1.54) is 11.9 Å². The smallest absolute Gasteiger partial charge is 0.326 e.